The SMILES string of the molecule is FC(F)c1nc(SCc2ccc(Cl)cc2Cl)n[nH]1. The number of nitrogens with one attached hydrogen (secondary N) is 1. The standard InChI is InChI=1S/C10H7Cl2F2N3S/c11-6-2-1-5(7(12)3-6)4-18-10-15-9(8(13)14)16-17-10/h1-3,8H,4H2,(H,15,16,17). The Balaban J connectivity index is 2.02. The highest BCUT2D eigenvalue weighted by molar-refractivity contribution is 7.98. The van der Waals surface area contributed by atoms with Crippen molar-refractivity contribution in [3.05, 3.63) is 39.6 Å². The highest BCUT2D eigenvalue weighted by Crippen LogP contribution is 2.27. The summed E-state index contributed by atoms with van der Waals surface area (Å²) in [6.07, 6.45) is -2.65. The second kappa shape index (κ2) is 5.86. The highest BCUT2D eigenvalue weighted by atomic mass is 35.5. The fraction of sp³-hybridized carbons (Fsp3) is 0.200. The molecule has 0 fully saturated rings. The summed E-state index contributed by atoms with van der Waals surface area (Å²) in [5.74, 6) is 0.0518. The molecular formula is C10H7Cl2F2N3S. The van der Waals surface area contributed by atoms with E-state index in [1.54, 1.807) is 18.2 Å². The molecule has 0 saturated heterocycles. The third-order valence-corrected chi connectivity index (χ3v) is 3.54. The molecule has 0 bridgehead atoms. The van der Waals surface area contributed by atoms with Crippen LogP contribution >= 0.6 is 35.0 Å². The molecule has 0 radical (unpaired) electrons. The van der Waals surface area contributed by atoms with Gasteiger partial charge in [0, 0.05) is 15.8 Å². The molecule has 0 aliphatic carbocycles. The zero-order chi connectivity index (χ0) is 13.1. The summed E-state index contributed by atoms with van der Waals surface area (Å²) >= 11 is 13.0. The summed E-state index contributed by atoms with van der Waals surface area (Å²) in [6, 6.07) is 5.12. The lowest BCUT2D eigenvalue weighted by Gasteiger charge is -2.02. The fourth-order valence-electron chi connectivity index (χ4n) is 1.20. The Labute approximate surface area is 116 Å². The Bertz CT molecular complexity index is 548. The predicted octanol–water partition coefficient (Wildman–Crippen LogP) is 4.34. The van der Waals surface area contributed by atoms with Crippen LogP contribution in [0, 0.1) is 0 Å². The predicted molar refractivity (Wildman–Crippen MR) is 67.4 cm³/mol. The van der Waals surface area contributed by atoms with Crippen LogP contribution in [0.1, 0.15) is 17.8 Å². The number of halogens is 4. The zero-order valence-corrected chi connectivity index (χ0v) is 11.2. The molecule has 0 amide bonds. The van der Waals surface area contributed by atoms with E-state index in [1.807, 2.05) is 0 Å². The van der Waals surface area contributed by atoms with Crippen molar-refractivity contribution in [1.82, 2.24) is 15.2 Å². The monoisotopic (exact) mass is 309 g/mol. The minimum absolute atomic E-state index is 0.260. The Hall–Kier alpha value is -0.850. The third kappa shape index (κ3) is 3.34. The average Bonchev–Trinajstić information content (AvgIpc) is 2.76. The minimum Gasteiger partial charge on any atom is -0.257 e. The summed E-state index contributed by atoms with van der Waals surface area (Å²) in [4.78, 5) is 3.65. The molecule has 2 aromatic rings. The van der Waals surface area contributed by atoms with Crippen LogP contribution in [0.5, 0.6) is 0 Å². The van der Waals surface area contributed by atoms with Gasteiger partial charge in [0.15, 0.2) is 5.82 Å². The van der Waals surface area contributed by atoms with Gasteiger partial charge < -0.3 is 0 Å². The van der Waals surface area contributed by atoms with E-state index in [4.69, 9.17) is 23.2 Å². The molecule has 0 atom stereocenters. The molecule has 3 nitrogen and oxygen atoms in total. The third-order valence-electron chi connectivity index (χ3n) is 2.06. The van der Waals surface area contributed by atoms with Crippen molar-refractivity contribution in [2.75, 3.05) is 0 Å². The zero-order valence-electron chi connectivity index (χ0n) is 8.83. The molecule has 0 spiro atoms. The number of rotatable bonds is 4. The molecular weight excluding hydrogens is 303 g/mol. The molecule has 0 aliphatic rings. The van der Waals surface area contributed by atoms with Crippen LogP contribution in [0.4, 0.5) is 8.78 Å². The molecule has 18 heavy (non-hydrogen) atoms. The van der Waals surface area contributed by atoms with Crippen LogP contribution in [0.2, 0.25) is 10.0 Å². The van der Waals surface area contributed by atoms with E-state index in [9.17, 15) is 8.78 Å². The van der Waals surface area contributed by atoms with Gasteiger partial charge in [0.25, 0.3) is 6.43 Å². The summed E-state index contributed by atoms with van der Waals surface area (Å²) in [5, 5.41) is 7.19. The number of aromatic nitrogens is 3. The van der Waals surface area contributed by atoms with Crippen molar-refractivity contribution in [3.63, 3.8) is 0 Å². The first kappa shape index (κ1) is 13.6. The van der Waals surface area contributed by atoms with E-state index in [0.29, 0.717) is 15.8 Å². The smallest absolute Gasteiger partial charge is 0.257 e. The fourth-order valence-corrected chi connectivity index (χ4v) is 2.57. The highest BCUT2D eigenvalue weighted by Gasteiger charge is 2.13. The molecule has 0 saturated carbocycles. The maximum Gasteiger partial charge on any atom is 0.296 e. The van der Waals surface area contributed by atoms with E-state index >= 15 is 0 Å². The number of hydrogen-bond donors (Lipinski definition) is 1. The number of hydrogen-bond acceptors (Lipinski definition) is 3. The molecule has 1 aromatic heterocycles. The summed E-state index contributed by atoms with van der Waals surface area (Å²) in [6.45, 7) is 0. The topological polar surface area (TPSA) is 41.6 Å². The van der Waals surface area contributed by atoms with Gasteiger partial charge in [0.1, 0.15) is 0 Å². The van der Waals surface area contributed by atoms with Crippen LogP contribution in [0.25, 0.3) is 0 Å². The molecule has 96 valence electrons. The number of H-pyrrole nitrogens is 1. The van der Waals surface area contributed by atoms with Crippen LogP contribution in [-0.4, -0.2) is 15.2 Å². The van der Waals surface area contributed by atoms with E-state index in [2.05, 4.69) is 15.2 Å². The molecule has 8 heteroatoms. The maximum absolute atomic E-state index is 12.3. The van der Waals surface area contributed by atoms with E-state index in [-0.39, 0.29) is 5.16 Å². The van der Waals surface area contributed by atoms with Gasteiger partial charge in [-0.15, -0.1) is 5.10 Å². The first-order valence-electron chi connectivity index (χ1n) is 4.83. The number of aromatic amines is 1. The van der Waals surface area contributed by atoms with Crippen LogP contribution in [0.3, 0.4) is 0 Å². The Morgan fingerprint density at radius 2 is 2.11 bits per heavy atom. The van der Waals surface area contributed by atoms with Crippen molar-refractivity contribution < 1.29 is 8.78 Å². The maximum atomic E-state index is 12.3. The van der Waals surface area contributed by atoms with E-state index in [0.717, 1.165) is 5.56 Å². The second-order valence-electron chi connectivity index (χ2n) is 3.33. The van der Waals surface area contributed by atoms with Gasteiger partial charge in [-0.2, -0.15) is 0 Å². The Morgan fingerprint density at radius 1 is 1.33 bits per heavy atom. The van der Waals surface area contributed by atoms with Gasteiger partial charge in [-0.05, 0) is 17.7 Å². The lowest BCUT2D eigenvalue weighted by atomic mass is 10.2. The van der Waals surface area contributed by atoms with Crippen LogP contribution in [0.15, 0.2) is 23.4 Å². The second-order valence-corrected chi connectivity index (χ2v) is 5.11. The van der Waals surface area contributed by atoms with Crippen molar-refractivity contribution in [3.8, 4) is 0 Å². The average molecular weight is 310 g/mol. The normalized spacial score (nSPS) is 11.2. The van der Waals surface area contributed by atoms with Gasteiger partial charge in [0.2, 0.25) is 5.16 Å². The number of nitrogens with zero attached hydrogens (tertiary/aromatic N) is 2. The van der Waals surface area contributed by atoms with Gasteiger partial charge in [-0.3, -0.25) is 5.10 Å². The lowest BCUT2D eigenvalue weighted by molar-refractivity contribution is 0.140. The summed E-state index contributed by atoms with van der Waals surface area (Å²) in [7, 11) is 0. The van der Waals surface area contributed by atoms with E-state index < -0.39 is 12.2 Å². The summed E-state index contributed by atoms with van der Waals surface area (Å²) in [5.41, 5.74) is 0.842. The number of alkyl halides is 2. The molecule has 1 heterocycles. The van der Waals surface area contributed by atoms with Gasteiger partial charge in [-0.25, -0.2) is 13.8 Å². The van der Waals surface area contributed by atoms with Gasteiger partial charge in [0.05, 0.1) is 0 Å². The van der Waals surface area contributed by atoms with Gasteiger partial charge in [-0.1, -0.05) is 41.0 Å². The van der Waals surface area contributed by atoms with E-state index in [1.165, 1.54) is 11.8 Å². The van der Waals surface area contributed by atoms with Gasteiger partial charge >= 0.3 is 0 Å². The Morgan fingerprint density at radius 3 is 2.72 bits per heavy atom. The Kier molecular flexibility index (Phi) is 4.42. The minimum atomic E-state index is -2.65. The first-order valence-corrected chi connectivity index (χ1v) is 6.57. The molecule has 1 N–H and O–H groups in total. The number of benzene rings is 1. The first-order chi connectivity index (χ1) is 8.56. The molecule has 0 unspecified atom stereocenters. The van der Waals surface area contributed by atoms with Crippen molar-refractivity contribution in [2.24, 2.45) is 0 Å². The lowest BCUT2D eigenvalue weighted by Crippen LogP contribution is -1.86. The quantitative estimate of drug-likeness (QED) is 0.854. The van der Waals surface area contributed by atoms with Crippen LogP contribution < -0.4 is 0 Å². The summed E-state index contributed by atoms with van der Waals surface area (Å²) < 4.78 is 24.5. The van der Waals surface area contributed by atoms with Crippen LogP contribution in [-0.2, 0) is 5.75 Å². The van der Waals surface area contributed by atoms with Crippen molar-refractivity contribution >= 4 is 35.0 Å². The molecule has 1 aromatic carbocycles. The largest absolute Gasteiger partial charge is 0.296 e. The molecule has 2 rings (SSSR count). The molecule has 0 aliphatic heterocycles. The van der Waals surface area contributed by atoms with Crippen molar-refractivity contribution in [2.45, 2.75) is 17.3 Å². The van der Waals surface area contributed by atoms with Crippen molar-refractivity contribution in [1.29, 1.82) is 0 Å². The number of thioether (sulfide) groups is 1.